The average molecular weight is 244 g/mol. The summed E-state index contributed by atoms with van der Waals surface area (Å²) < 4.78 is 0. The zero-order chi connectivity index (χ0) is 13.3. The number of rotatable bonds is 3. The van der Waals surface area contributed by atoms with E-state index in [0.29, 0.717) is 13.0 Å². The van der Waals surface area contributed by atoms with Crippen molar-refractivity contribution in [3.63, 3.8) is 0 Å². The van der Waals surface area contributed by atoms with E-state index in [1.165, 1.54) is 19.5 Å². The lowest BCUT2D eigenvalue weighted by Gasteiger charge is -2.03. The Balaban J connectivity index is 0.000000265. The van der Waals surface area contributed by atoms with Gasteiger partial charge in [0.15, 0.2) is 0 Å². The number of aliphatic hydroxyl groups is 1. The molecule has 4 heteroatoms. The molecule has 2 N–H and O–H groups in total. The third-order valence-corrected chi connectivity index (χ3v) is 2.97. The van der Waals surface area contributed by atoms with Gasteiger partial charge in [-0.2, -0.15) is 0 Å². The molecular weight excluding hydrogens is 216 g/mol. The highest BCUT2D eigenvalue weighted by atomic mass is 16.3. The summed E-state index contributed by atoms with van der Waals surface area (Å²) in [5.41, 5.74) is -0.541. The summed E-state index contributed by atoms with van der Waals surface area (Å²) in [5, 5.41) is 11.5. The van der Waals surface area contributed by atoms with Gasteiger partial charge in [-0.15, -0.1) is 0 Å². The van der Waals surface area contributed by atoms with E-state index >= 15 is 0 Å². The lowest BCUT2D eigenvalue weighted by atomic mass is 10.2. The van der Waals surface area contributed by atoms with E-state index in [1.54, 1.807) is 0 Å². The van der Waals surface area contributed by atoms with Crippen molar-refractivity contribution < 1.29 is 9.90 Å². The molecule has 0 spiro atoms. The highest BCUT2D eigenvalue weighted by Crippen LogP contribution is 2.33. The van der Waals surface area contributed by atoms with Gasteiger partial charge in [-0.25, -0.2) is 0 Å². The first-order valence-corrected chi connectivity index (χ1v) is 6.64. The summed E-state index contributed by atoms with van der Waals surface area (Å²) in [7, 11) is 2.18. The summed E-state index contributed by atoms with van der Waals surface area (Å²) in [6, 6.07) is 0. The van der Waals surface area contributed by atoms with E-state index in [2.05, 4.69) is 24.2 Å². The molecule has 2 fully saturated rings. The minimum atomic E-state index is -0.541. The average Bonchev–Trinajstić information content (AvgIpc) is 2.94. The van der Waals surface area contributed by atoms with Crippen LogP contribution in [0.2, 0.25) is 0 Å². The molecule has 0 radical (unpaired) electrons. The summed E-state index contributed by atoms with van der Waals surface area (Å²) in [4.78, 5) is 12.0. The Morgan fingerprint density at radius 1 is 1.47 bits per heavy atom. The van der Waals surface area contributed by atoms with Crippen LogP contribution in [0.25, 0.3) is 0 Å². The van der Waals surface area contributed by atoms with E-state index in [9.17, 15) is 4.79 Å². The quantitative estimate of drug-likeness (QED) is 0.735. The van der Waals surface area contributed by atoms with Crippen LogP contribution in [-0.2, 0) is 4.79 Å². The largest absolute Gasteiger partial charge is 0.388 e. The summed E-state index contributed by atoms with van der Waals surface area (Å²) in [6.07, 6.45) is 3.66. The Hall–Kier alpha value is -0.610. The second kappa shape index (κ2) is 8.48. The SMILES string of the molecule is CC.CC1CCN(C)C1.O=CNCC1(O)CC1. The molecule has 2 aliphatic rings. The van der Waals surface area contributed by atoms with Gasteiger partial charge in [0.1, 0.15) is 0 Å². The second-order valence-electron chi connectivity index (χ2n) is 4.88. The maximum absolute atomic E-state index is 9.66. The number of nitrogens with zero attached hydrogens (tertiary/aromatic N) is 1. The number of hydrogen-bond donors (Lipinski definition) is 2. The zero-order valence-corrected chi connectivity index (χ0v) is 11.7. The normalized spacial score (nSPS) is 24.9. The van der Waals surface area contributed by atoms with Gasteiger partial charge in [0, 0.05) is 13.1 Å². The first-order valence-electron chi connectivity index (χ1n) is 6.64. The lowest BCUT2D eigenvalue weighted by Crippen LogP contribution is -2.26. The molecule has 1 unspecified atom stereocenters. The third-order valence-electron chi connectivity index (χ3n) is 2.97. The maximum atomic E-state index is 9.66. The standard InChI is InChI=1S/C6H13N.C5H9NO2.C2H6/c1-6-3-4-7(2)5-6;7-4-6-3-5(8)1-2-5;1-2/h6H,3-5H2,1-2H3;4,8H,1-3H2,(H,6,7);1-2H3. The Morgan fingerprint density at radius 3 is 2.29 bits per heavy atom. The van der Waals surface area contributed by atoms with Gasteiger partial charge in [0.2, 0.25) is 6.41 Å². The lowest BCUT2D eigenvalue weighted by molar-refractivity contribution is -0.110. The Kier molecular flexibility index (Phi) is 8.17. The van der Waals surface area contributed by atoms with Gasteiger partial charge in [-0.05, 0) is 38.8 Å². The van der Waals surface area contributed by atoms with E-state index in [1.807, 2.05) is 13.8 Å². The molecule has 102 valence electrons. The third kappa shape index (κ3) is 8.16. The van der Waals surface area contributed by atoms with Crippen LogP contribution >= 0.6 is 0 Å². The molecule has 1 saturated carbocycles. The van der Waals surface area contributed by atoms with Gasteiger partial charge in [-0.3, -0.25) is 4.79 Å². The van der Waals surface area contributed by atoms with Crippen LogP contribution in [0, 0.1) is 5.92 Å². The molecule has 0 aromatic carbocycles. The maximum Gasteiger partial charge on any atom is 0.207 e. The Morgan fingerprint density at radius 2 is 2.06 bits per heavy atom. The molecule has 4 nitrogen and oxygen atoms in total. The molecule has 0 bridgehead atoms. The number of likely N-dealkylation sites (tertiary alicyclic amines) is 1. The topological polar surface area (TPSA) is 52.6 Å². The Labute approximate surface area is 105 Å². The van der Waals surface area contributed by atoms with Crippen molar-refractivity contribution in [2.45, 2.75) is 45.6 Å². The van der Waals surface area contributed by atoms with E-state index in [4.69, 9.17) is 5.11 Å². The molecule has 1 atom stereocenters. The molecule has 2 rings (SSSR count). The van der Waals surface area contributed by atoms with Gasteiger partial charge in [-0.1, -0.05) is 20.8 Å². The van der Waals surface area contributed by atoms with E-state index < -0.39 is 5.60 Å². The van der Waals surface area contributed by atoms with Crippen molar-refractivity contribution in [3.05, 3.63) is 0 Å². The van der Waals surface area contributed by atoms with Crippen LogP contribution in [-0.4, -0.2) is 48.7 Å². The fraction of sp³-hybridized carbons (Fsp3) is 0.923. The number of carbonyl (C=O) groups excluding carboxylic acids is 1. The van der Waals surface area contributed by atoms with Crippen molar-refractivity contribution in [1.82, 2.24) is 10.2 Å². The van der Waals surface area contributed by atoms with Crippen LogP contribution in [0.4, 0.5) is 0 Å². The number of carbonyl (C=O) groups is 1. The smallest absolute Gasteiger partial charge is 0.207 e. The molecule has 0 aromatic rings. The van der Waals surface area contributed by atoms with Gasteiger partial charge < -0.3 is 15.3 Å². The van der Waals surface area contributed by atoms with E-state index in [-0.39, 0.29) is 0 Å². The van der Waals surface area contributed by atoms with Crippen molar-refractivity contribution >= 4 is 6.41 Å². The molecule has 1 aliphatic heterocycles. The van der Waals surface area contributed by atoms with Gasteiger partial charge in [0.05, 0.1) is 5.60 Å². The number of hydrogen-bond acceptors (Lipinski definition) is 3. The molecule has 1 saturated heterocycles. The molecule has 1 heterocycles. The van der Waals surface area contributed by atoms with Crippen LogP contribution < -0.4 is 5.32 Å². The van der Waals surface area contributed by atoms with Crippen LogP contribution in [0.3, 0.4) is 0 Å². The van der Waals surface area contributed by atoms with Crippen LogP contribution in [0.1, 0.15) is 40.0 Å². The summed E-state index contributed by atoms with van der Waals surface area (Å²) in [6.45, 7) is 9.33. The minimum absolute atomic E-state index is 0.413. The number of amides is 1. The molecule has 0 aromatic heterocycles. The summed E-state index contributed by atoms with van der Waals surface area (Å²) in [5.74, 6) is 0.949. The molecule has 17 heavy (non-hydrogen) atoms. The van der Waals surface area contributed by atoms with Crippen molar-refractivity contribution in [1.29, 1.82) is 0 Å². The molecular formula is C13H28N2O2. The molecule has 1 amide bonds. The predicted molar refractivity (Wildman–Crippen MR) is 70.9 cm³/mol. The summed E-state index contributed by atoms with van der Waals surface area (Å²) >= 11 is 0. The van der Waals surface area contributed by atoms with Gasteiger partial charge in [0.25, 0.3) is 0 Å². The number of nitrogens with one attached hydrogen (secondary N) is 1. The first kappa shape index (κ1) is 16.4. The van der Waals surface area contributed by atoms with Crippen molar-refractivity contribution in [3.8, 4) is 0 Å². The van der Waals surface area contributed by atoms with Crippen molar-refractivity contribution in [2.75, 3.05) is 26.7 Å². The van der Waals surface area contributed by atoms with E-state index in [0.717, 1.165) is 18.8 Å². The molecule has 1 aliphatic carbocycles. The minimum Gasteiger partial charge on any atom is -0.388 e. The first-order chi connectivity index (χ1) is 8.06. The Bertz CT molecular complexity index is 198. The second-order valence-corrected chi connectivity index (χ2v) is 4.88. The monoisotopic (exact) mass is 244 g/mol. The predicted octanol–water partition coefficient (Wildman–Crippen LogP) is 1.24. The van der Waals surface area contributed by atoms with Crippen molar-refractivity contribution in [2.24, 2.45) is 5.92 Å². The fourth-order valence-electron chi connectivity index (χ4n) is 1.71. The van der Waals surface area contributed by atoms with Crippen LogP contribution in [0.5, 0.6) is 0 Å². The fourth-order valence-corrected chi connectivity index (χ4v) is 1.71. The van der Waals surface area contributed by atoms with Crippen LogP contribution in [0.15, 0.2) is 0 Å². The highest BCUT2D eigenvalue weighted by Gasteiger charge is 2.39. The van der Waals surface area contributed by atoms with Gasteiger partial charge >= 0.3 is 0 Å². The highest BCUT2D eigenvalue weighted by molar-refractivity contribution is 5.46. The zero-order valence-electron chi connectivity index (χ0n) is 11.7.